The monoisotopic (exact) mass is 236 g/mol. The molecule has 3 heteroatoms. The lowest BCUT2D eigenvalue weighted by Gasteiger charge is -2.31. The Kier molecular flexibility index (Phi) is 5.81. The molecule has 0 heterocycles. The Hall–Kier alpha value is -1.25. The van der Waals surface area contributed by atoms with Crippen molar-refractivity contribution in [3.63, 3.8) is 0 Å². The molecule has 0 radical (unpaired) electrons. The van der Waals surface area contributed by atoms with Gasteiger partial charge in [0, 0.05) is 19.1 Å². The Morgan fingerprint density at radius 3 is 2.41 bits per heavy atom. The number of amides is 2. The summed E-state index contributed by atoms with van der Waals surface area (Å²) in [5.41, 5.74) is 0. The third kappa shape index (κ3) is 4.25. The van der Waals surface area contributed by atoms with Gasteiger partial charge in [0.1, 0.15) is 0 Å². The molecule has 0 aromatic heterocycles. The first kappa shape index (κ1) is 13.8. The minimum atomic E-state index is 0.00329. The van der Waals surface area contributed by atoms with Crippen LogP contribution in [-0.2, 0) is 0 Å². The molecule has 0 aromatic rings. The normalized spacial score (nSPS) is 23.8. The van der Waals surface area contributed by atoms with Crippen molar-refractivity contribution in [3.8, 4) is 0 Å². The Labute approximate surface area is 105 Å². The molecule has 2 amide bonds. The molecule has 0 saturated heterocycles. The van der Waals surface area contributed by atoms with Crippen LogP contribution in [0.15, 0.2) is 25.3 Å². The van der Waals surface area contributed by atoms with Gasteiger partial charge in [-0.1, -0.05) is 31.9 Å². The van der Waals surface area contributed by atoms with Gasteiger partial charge in [-0.25, -0.2) is 4.79 Å². The predicted octanol–water partition coefficient (Wildman–Crippen LogP) is 2.95. The Bertz CT molecular complexity index is 265. The minimum Gasteiger partial charge on any atom is -0.335 e. The van der Waals surface area contributed by atoms with E-state index in [0.29, 0.717) is 25.0 Å². The minimum absolute atomic E-state index is 0.00329. The smallest absolute Gasteiger partial charge is 0.318 e. The summed E-state index contributed by atoms with van der Waals surface area (Å²) in [4.78, 5) is 13.8. The highest BCUT2D eigenvalue weighted by Crippen LogP contribution is 2.23. The van der Waals surface area contributed by atoms with Crippen molar-refractivity contribution in [2.45, 2.75) is 38.6 Å². The topological polar surface area (TPSA) is 32.3 Å². The van der Waals surface area contributed by atoms with Crippen LogP contribution >= 0.6 is 0 Å². The zero-order valence-electron chi connectivity index (χ0n) is 10.8. The summed E-state index contributed by atoms with van der Waals surface area (Å²) >= 11 is 0. The molecule has 1 aliphatic rings. The maximum Gasteiger partial charge on any atom is 0.318 e. The van der Waals surface area contributed by atoms with E-state index in [9.17, 15) is 4.79 Å². The van der Waals surface area contributed by atoms with E-state index in [4.69, 9.17) is 0 Å². The van der Waals surface area contributed by atoms with Crippen LogP contribution in [0.1, 0.15) is 32.6 Å². The van der Waals surface area contributed by atoms with Gasteiger partial charge in [0.2, 0.25) is 0 Å². The maximum atomic E-state index is 12.1. The van der Waals surface area contributed by atoms with E-state index in [0.717, 1.165) is 6.42 Å². The van der Waals surface area contributed by atoms with Crippen LogP contribution < -0.4 is 5.32 Å². The highest BCUT2D eigenvalue weighted by atomic mass is 16.2. The Balaban J connectivity index is 2.49. The molecule has 0 bridgehead atoms. The molecule has 0 spiro atoms. The molecule has 0 aliphatic heterocycles. The molecule has 0 aromatic carbocycles. The van der Waals surface area contributed by atoms with Gasteiger partial charge >= 0.3 is 6.03 Å². The zero-order chi connectivity index (χ0) is 12.7. The lowest BCUT2D eigenvalue weighted by molar-refractivity contribution is 0.191. The van der Waals surface area contributed by atoms with Gasteiger partial charge in [0.25, 0.3) is 0 Å². The van der Waals surface area contributed by atoms with Crippen molar-refractivity contribution in [1.82, 2.24) is 10.2 Å². The fourth-order valence-electron chi connectivity index (χ4n) is 2.33. The first-order valence-corrected chi connectivity index (χ1v) is 6.46. The van der Waals surface area contributed by atoms with Gasteiger partial charge in [-0.2, -0.15) is 0 Å². The molecule has 1 aliphatic carbocycles. The van der Waals surface area contributed by atoms with Crippen molar-refractivity contribution in [2.75, 3.05) is 13.1 Å². The Morgan fingerprint density at radius 1 is 1.29 bits per heavy atom. The quantitative estimate of drug-likeness (QED) is 0.731. The second-order valence-corrected chi connectivity index (χ2v) is 4.80. The van der Waals surface area contributed by atoms with Gasteiger partial charge in [0.05, 0.1) is 0 Å². The van der Waals surface area contributed by atoms with Crippen LogP contribution in [0.3, 0.4) is 0 Å². The Morgan fingerprint density at radius 2 is 1.88 bits per heavy atom. The van der Waals surface area contributed by atoms with Crippen LogP contribution in [0.2, 0.25) is 0 Å². The number of nitrogens with zero attached hydrogens (tertiary/aromatic N) is 1. The van der Waals surface area contributed by atoms with Gasteiger partial charge in [-0.3, -0.25) is 0 Å². The zero-order valence-corrected chi connectivity index (χ0v) is 10.8. The van der Waals surface area contributed by atoms with Crippen LogP contribution in [0, 0.1) is 5.92 Å². The third-order valence-corrected chi connectivity index (χ3v) is 3.41. The van der Waals surface area contributed by atoms with E-state index >= 15 is 0 Å². The fourth-order valence-corrected chi connectivity index (χ4v) is 2.33. The average molecular weight is 236 g/mol. The first-order valence-electron chi connectivity index (χ1n) is 6.46. The van der Waals surface area contributed by atoms with Crippen molar-refractivity contribution >= 4 is 6.03 Å². The molecular formula is C14H24N2O. The molecule has 1 saturated carbocycles. The largest absolute Gasteiger partial charge is 0.335 e. The van der Waals surface area contributed by atoms with Crippen LogP contribution in [0.25, 0.3) is 0 Å². The van der Waals surface area contributed by atoms with Crippen molar-refractivity contribution < 1.29 is 4.79 Å². The molecule has 2 unspecified atom stereocenters. The van der Waals surface area contributed by atoms with Crippen LogP contribution in [-0.4, -0.2) is 30.1 Å². The predicted molar refractivity (Wildman–Crippen MR) is 71.9 cm³/mol. The van der Waals surface area contributed by atoms with E-state index in [-0.39, 0.29) is 6.03 Å². The summed E-state index contributed by atoms with van der Waals surface area (Å²) in [5, 5.41) is 3.13. The molecule has 1 rings (SSSR count). The SMILES string of the molecule is C=CCN(CC=C)C(=O)NC1CCCCC1C. The van der Waals surface area contributed by atoms with E-state index in [1.54, 1.807) is 17.1 Å². The summed E-state index contributed by atoms with van der Waals surface area (Å²) in [6.45, 7) is 10.7. The highest BCUT2D eigenvalue weighted by molar-refractivity contribution is 5.74. The highest BCUT2D eigenvalue weighted by Gasteiger charge is 2.24. The second kappa shape index (κ2) is 7.15. The maximum absolute atomic E-state index is 12.1. The summed E-state index contributed by atoms with van der Waals surface area (Å²) in [5.74, 6) is 0.585. The van der Waals surface area contributed by atoms with E-state index in [2.05, 4.69) is 25.4 Å². The first-order chi connectivity index (χ1) is 8.19. The molecule has 17 heavy (non-hydrogen) atoms. The number of hydrogen-bond acceptors (Lipinski definition) is 1. The van der Waals surface area contributed by atoms with Gasteiger partial charge < -0.3 is 10.2 Å². The number of urea groups is 1. The molecule has 1 N–H and O–H groups in total. The van der Waals surface area contributed by atoms with Crippen molar-refractivity contribution in [3.05, 3.63) is 25.3 Å². The number of hydrogen-bond donors (Lipinski definition) is 1. The molecule has 96 valence electrons. The van der Waals surface area contributed by atoms with Crippen molar-refractivity contribution in [2.24, 2.45) is 5.92 Å². The van der Waals surface area contributed by atoms with Crippen LogP contribution in [0.5, 0.6) is 0 Å². The van der Waals surface area contributed by atoms with Crippen molar-refractivity contribution in [1.29, 1.82) is 0 Å². The van der Waals surface area contributed by atoms with Gasteiger partial charge in [0.15, 0.2) is 0 Å². The number of carbonyl (C=O) groups excluding carboxylic acids is 1. The number of rotatable bonds is 5. The third-order valence-electron chi connectivity index (χ3n) is 3.41. The summed E-state index contributed by atoms with van der Waals surface area (Å²) in [7, 11) is 0. The molecule has 1 fully saturated rings. The van der Waals surface area contributed by atoms with Gasteiger partial charge in [-0.15, -0.1) is 13.2 Å². The van der Waals surface area contributed by atoms with Gasteiger partial charge in [-0.05, 0) is 18.8 Å². The lowest BCUT2D eigenvalue weighted by atomic mass is 9.86. The summed E-state index contributed by atoms with van der Waals surface area (Å²) in [6.07, 6.45) is 8.31. The second-order valence-electron chi connectivity index (χ2n) is 4.80. The van der Waals surface area contributed by atoms with E-state index in [1.165, 1.54) is 19.3 Å². The molecule has 2 atom stereocenters. The van der Waals surface area contributed by atoms with E-state index < -0.39 is 0 Å². The number of nitrogens with one attached hydrogen (secondary N) is 1. The standard InChI is InChI=1S/C14H24N2O/c1-4-10-16(11-5-2)14(17)15-13-9-7-6-8-12(13)3/h4-5,12-13H,1-2,6-11H2,3H3,(H,15,17). The summed E-state index contributed by atoms with van der Waals surface area (Å²) in [6, 6.07) is 0.330. The number of carbonyl (C=O) groups is 1. The molecular weight excluding hydrogens is 212 g/mol. The van der Waals surface area contributed by atoms with E-state index in [1.807, 2.05) is 0 Å². The summed E-state index contributed by atoms with van der Waals surface area (Å²) < 4.78 is 0. The average Bonchev–Trinajstić information content (AvgIpc) is 2.32. The lowest BCUT2D eigenvalue weighted by Crippen LogP contribution is -2.48. The fraction of sp³-hybridized carbons (Fsp3) is 0.643. The van der Waals surface area contributed by atoms with Crippen LogP contribution in [0.4, 0.5) is 4.79 Å². The molecule has 3 nitrogen and oxygen atoms in total.